The lowest BCUT2D eigenvalue weighted by Crippen LogP contribution is -2.54. The van der Waals surface area contributed by atoms with Gasteiger partial charge < -0.3 is 15.0 Å². The predicted octanol–water partition coefficient (Wildman–Crippen LogP) is 3.21. The molecule has 1 amide bonds. The first-order valence-corrected chi connectivity index (χ1v) is 9.54. The average Bonchev–Trinajstić information content (AvgIpc) is 2.55. The third kappa shape index (κ3) is 4.69. The molecule has 0 bridgehead atoms. The van der Waals surface area contributed by atoms with Gasteiger partial charge in [0, 0.05) is 19.7 Å². The van der Waals surface area contributed by atoms with E-state index in [0.29, 0.717) is 11.8 Å². The summed E-state index contributed by atoms with van der Waals surface area (Å²) in [6, 6.07) is 0.231. The molecule has 1 aliphatic heterocycles. The van der Waals surface area contributed by atoms with Crippen molar-refractivity contribution in [3.05, 3.63) is 0 Å². The summed E-state index contributed by atoms with van der Waals surface area (Å²) < 4.78 is 5.40. The van der Waals surface area contributed by atoms with Crippen LogP contribution in [0.15, 0.2) is 0 Å². The zero-order chi connectivity index (χ0) is 16.9. The molecule has 2 rings (SSSR count). The SMILES string of the molecule is COC(C)CN1CCC(C(=O)NC(C)C)(C2CCCCC2)CC1. The summed E-state index contributed by atoms with van der Waals surface area (Å²) in [6.45, 7) is 9.28. The van der Waals surface area contributed by atoms with Gasteiger partial charge in [0.15, 0.2) is 0 Å². The number of carbonyl (C=O) groups excluding carboxylic acids is 1. The van der Waals surface area contributed by atoms with E-state index in [2.05, 4.69) is 31.0 Å². The minimum Gasteiger partial charge on any atom is -0.380 e. The van der Waals surface area contributed by atoms with Gasteiger partial charge in [0.25, 0.3) is 0 Å². The van der Waals surface area contributed by atoms with Crippen LogP contribution in [-0.4, -0.2) is 49.7 Å². The minimum atomic E-state index is -0.127. The number of carbonyl (C=O) groups is 1. The molecule has 1 heterocycles. The summed E-state index contributed by atoms with van der Waals surface area (Å²) in [4.78, 5) is 15.5. The zero-order valence-electron chi connectivity index (χ0n) is 15.6. The normalized spacial score (nSPS) is 24.6. The topological polar surface area (TPSA) is 41.6 Å². The van der Waals surface area contributed by atoms with Crippen molar-refractivity contribution in [2.45, 2.75) is 77.9 Å². The third-order valence-electron chi connectivity index (χ3n) is 5.92. The molecule has 1 atom stereocenters. The monoisotopic (exact) mass is 324 g/mol. The van der Waals surface area contributed by atoms with Crippen LogP contribution in [0.4, 0.5) is 0 Å². The van der Waals surface area contributed by atoms with Crippen molar-refractivity contribution < 1.29 is 9.53 Å². The first kappa shape index (κ1) is 18.7. The Hall–Kier alpha value is -0.610. The number of amides is 1. The Morgan fingerprint density at radius 2 is 1.78 bits per heavy atom. The van der Waals surface area contributed by atoms with E-state index in [1.54, 1.807) is 7.11 Å². The van der Waals surface area contributed by atoms with Crippen LogP contribution in [-0.2, 0) is 9.53 Å². The Balaban J connectivity index is 2.05. The minimum absolute atomic E-state index is 0.127. The summed E-state index contributed by atoms with van der Waals surface area (Å²) in [5.41, 5.74) is -0.127. The maximum absolute atomic E-state index is 13.1. The van der Waals surface area contributed by atoms with Gasteiger partial charge in [-0.15, -0.1) is 0 Å². The van der Waals surface area contributed by atoms with Gasteiger partial charge in [-0.3, -0.25) is 4.79 Å². The van der Waals surface area contributed by atoms with Gasteiger partial charge in [0.1, 0.15) is 0 Å². The van der Waals surface area contributed by atoms with Crippen LogP contribution >= 0.6 is 0 Å². The average molecular weight is 325 g/mol. The molecule has 1 saturated carbocycles. The Morgan fingerprint density at radius 3 is 2.30 bits per heavy atom. The fourth-order valence-corrected chi connectivity index (χ4v) is 4.45. The van der Waals surface area contributed by atoms with Crippen LogP contribution in [0.5, 0.6) is 0 Å². The van der Waals surface area contributed by atoms with Crippen molar-refractivity contribution in [1.82, 2.24) is 10.2 Å². The highest BCUT2D eigenvalue weighted by Gasteiger charge is 2.47. The van der Waals surface area contributed by atoms with Gasteiger partial charge in [-0.2, -0.15) is 0 Å². The molecule has 1 aliphatic carbocycles. The first-order chi connectivity index (χ1) is 11.0. The number of piperidine rings is 1. The number of nitrogens with zero attached hydrogens (tertiary/aromatic N) is 1. The van der Waals surface area contributed by atoms with Crippen LogP contribution < -0.4 is 5.32 Å². The summed E-state index contributed by atoms with van der Waals surface area (Å²) in [7, 11) is 1.77. The number of hydrogen-bond donors (Lipinski definition) is 1. The van der Waals surface area contributed by atoms with Gasteiger partial charge in [-0.1, -0.05) is 19.3 Å². The van der Waals surface area contributed by atoms with E-state index in [4.69, 9.17) is 4.74 Å². The maximum atomic E-state index is 13.1. The van der Waals surface area contributed by atoms with Crippen molar-refractivity contribution >= 4 is 5.91 Å². The molecule has 2 aliphatic rings. The smallest absolute Gasteiger partial charge is 0.226 e. The standard InChI is InChI=1S/C19H36N2O2/c1-15(2)20-18(22)19(17-8-6-5-7-9-17)10-12-21(13-11-19)14-16(3)23-4/h15-17H,5-14H2,1-4H3,(H,20,22). The number of likely N-dealkylation sites (tertiary alicyclic amines) is 1. The highest BCUT2D eigenvalue weighted by atomic mass is 16.5. The largest absolute Gasteiger partial charge is 0.380 e. The molecule has 2 fully saturated rings. The molecule has 1 saturated heterocycles. The number of nitrogens with one attached hydrogen (secondary N) is 1. The van der Waals surface area contributed by atoms with E-state index in [9.17, 15) is 4.79 Å². The Kier molecular flexibility index (Phi) is 6.90. The van der Waals surface area contributed by atoms with Crippen molar-refractivity contribution in [3.63, 3.8) is 0 Å². The van der Waals surface area contributed by atoms with Crippen LogP contribution in [0.3, 0.4) is 0 Å². The molecule has 1 unspecified atom stereocenters. The van der Waals surface area contributed by atoms with E-state index in [1.807, 2.05) is 0 Å². The lowest BCUT2D eigenvalue weighted by atomic mass is 9.63. The quantitative estimate of drug-likeness (QED) is 0.816. The lowest BCUT2D eigenvalue weighted by molar-refractivity contribution is -0.140. The maximum Gasteiger partial charge on any atom is 0.226 e. The van der Waals surface area contributed by atoms with Crippen LogP contribution in [0.2, 0.25) is 0 Å². The second-order valence-corrected chi connectivity index (χ2v) is 7.97. The van der Waals surface area contributed by atoms with E-state index in [-0.39, 0.29) is 17.6 Å². The number of ether oxygens (including phenoxy) is 1. The van der Waals surface area contributed by atoms with E-state index in [0.717, 1.165) is 32.5 Å². The fourth-order valence-electron chi connectivity index (χ4n) is 4.45. The molecule has 4 heteroatoms. The molecule has 1 N–H and O–H groups in total. The molecule has 0 spiro atoms. The number of rotatable bonds is 6. The lowest BCUT2D eigenvalue weighted by Gasteiger charge is -2.47. The fraction of sp³-hybridized carbons (Fsp3) is 0.947. The van der Waals surface area contributed by atoms with Gasteiger partial charge in [0.05, 0.1) is 11.5 Å². The van der Waals surface area contributed by atoms with E-state index >= 15 is 0 Å². The molecule has 4 nitrogen and oxygen atoms in total. The van der Waals surface area contributed by atoms with Gasteiger partial charge in [-0.25, -0.2) is 0 Å². The molecule has 0 aromatic carbocycles. The van der Waals surface area contributed by atoms with Crippen molar-refractivity contribution in [2.24, 2.45) is 11.3 Å². The molecule has 23 heavy (non-hydrogen) atoms. The molecule has 0 aromatic heterocycles. The van der Waals surface area contributed by atoms with Gasteiger partial charge in [-0.05, 0) is 65.5 Å². The summed E-state index contributed by atoms with van der Waals surface area (Å²) in [5.74, 6) is 0.899. The van der Waals surface area contributed by atoms with E-state index in [1.165, 1.54) is 32.1 Å². The predicted molar refractivity (Wildman–Crippen MR) is 94.4 cm³/mol. The Bertz CT molecular complexity index is 370. The van der Waals surface area contributed by atoms with Crippen LogP contribution in [0.25, 0.3) is 0 Å². The second-order valence-electron chi connectivity index (χ2n) is 7.97. The zero-order valence-corrected chi connectivity index (χ0v) is 15.6. The van der Waals surface area contributed by atoms with Gasteiger partial charge in [0.2, 0.25) is 5.91 Å². The van der Waals surface area contributed by atoms with E-state index < -0.39 is 0 Å². The van der Waals surface area contributed by atoms with Crippen molar-refractivity contribution in [1.29, 1.82) is 0 Å². The van der Waals surface area contributed by atoms with Crippen LogP contribution in [0, 0.1) is 11.3 Å². The Labute approximate surface area is 142 Å². The van der Waals surface area contributed by atoms with Gasteiger partial charge >= 0.3 is 0 Å². The number of methoxy groups -OCH3 is 1. The molecular weight excluding hydrogens is 288 g/mol. The highest BCUT2D eigenvalue weighted by Crippen LogP contribution is 2.46. The Morgan fingerprint density at radius 1 is 1.17 bits per heavy atom. The third-order valence-corrected chi connectivity index (χ3v) is 5.92. The summed E-state index contributed by atoms with van der Waals surface area (Å²) >= 11 is 0. The molecule has 134 valence electrons. The van der Waals surface area contributed by atoms with Crippen molar-refractivity contribution in [2.75, 3.05) is 26.7 Å². The summed E-state index contributed by atoms with van der Waals surface area (Å²) in [5, 5.41) is 3.24. The molecule has 0 radical (unpaired) electrons. The highest BCUT2D eigenvalue weighted by molar-refractivity contribution is 5.83. The molecule has 0 aromatic rings. The number of hydrogen-bond acceptors (Lipinski definition) is 3. The summed E-state index contributed by atoms with van der Waals surface area (Å²) in [6.07, 6.45) is 8.69. The first-order valence-electron chi connectivity index (χ1n) is 9.54. The van der Waals surface area contributed by atoms with Crippen molar-refractivity contribution in [3.8, 4) is 0 Å². The molecular formula is C19H36N2O2. The second kappa shape index (κ2) is 8.48. The van der Waals surface area contributed by atoms with Crippen LogP contribution in [0.1, 0.15) is 65.7 Å².